The number of rotatable bonds is 2. The van der Waals surface area contributed by atoms with Gasteiger partial charge in [0.05, 0.1) is 0 Å². The first-order valence-corrected chi connectivity index (χ1v) is 7.10. The number of hydrogen-bond donors (Lipinski definition) is 1. The van der Waals surface area contributed by atoms with Crippen LogP contribution in [0.15, 0.2) is 0 Å². The summed E-state index contributed by atoms with van der Waals surface area (Å²) in [5.41, 5.74) is 0. The molecule has 3 nitrogen and oxygen atoms in total. The fourth-order valence-corrected chi connectivity index (χ4v) is 3.08. The van der Waals surface area contributed by atoms with Crippen LogP contribution in [0.4, 0.5) is 0 Å². The van der Waals surface area contributed by atoms with Gasteiger partial charge >= 0.3 is 0 Å². The summed E-state index contributed by atoms with van der Waals surface area (Å²) in [7, 11) is 0. The van der Waals surface area contributed by atoms with E-state index in [1.54, 1.807) is 0 Å². The van der Waals surface area contributed by atoms with E-state index in [-0.39, 0.29) is 5.92 Å². The first-order valence-electron chi connectivity index (χ1n) is 7.10. The Hall–Kier alpha value is -0.570. The zero-order valence-corrected chi connectivity index (χ0v) is 10.9. The van der Waals surface area contributed by atoms with Crippen LogP contribution in [0.25, 0.3) is 0 Å². The number of aliphatic hydroxyl groups is 1. The highest BCUT2D eigenvalue weighted by Crippen LogP contribution is 2.30. The van der Waals surface area contributed by atoms with Crippen molar-refractivity contribution in [1.82, 2.24) is 4.90 Å². The Bertz CT molecular complexity index is 251. The maximum atomic E-state index is 12.3. The smallest absolute Gasteiger partial charge is 0.225 e. The number of carbonyl (C=O) groups excluding carboxylic acids is 1. The molecule has 1 heterocycles. The Morgan fingerprint density at radius 2 is 1.71 bits per heavy atom. The number of carbonyl (C=O) groups is 1. The van der Waals surface area contributed by atoms with Gasteiger partial charge in [0.15, 0.2) is 0 Å². The Balaban J connectivity index is 1.80. The van der Waals surface area contributed by atoms with Crippen molar-refractivity contribution in [3.63, 3.8) is 0 Å². The molecule has 17 heavy (non-hydrogen) atoms. The first kappa shape index (κ1) is 12.9. The van der Waals surface area contributed by atoms with E-state index in [1.165, 1.54) is 0 Å². The molecule has 98 valence electrons. The molecule has 1 amide bonds. The van der Waals surface area contributed by atoms with Crippen molar-refractivity contribution < 1.29 is 9.90 Å². The second-order valence-corrected chi connectivity index (χ2v) is 5.91. The topological polar surface area (TPSA) is 40.5 Å². The molecule has 2 fully saturated rings. The molecule has 1 saturated heterocycles. The molecule has 0 atom stereocenters. The van der Waals surface area contributed by atoms with Crippen LogP contribution in [0.1, 0.15) is 45.4 Å². The van der Waals surface area contributed by atoms with Gasteiger partial charge in [-0.2, -0.15) is 0 Å². The molecule has 2 rings (SSSR count). The Morgan fingerprint density at radius 1 is 1.12 bits per heavy atom. The maximum Gasteiger partial charge on any atom is 0.225 e. The minimum absolute atomic E-state index is 0.242. The number of hydrogen-bond acceptors (Lipinski definition) is 2. The summed E-state index contributed by atoms with van der Waals surface area (Å²) in [4.78, 5) is 14.4. The molecule has 1 aliphatic heterocycles. The summed E-state index contributed by atoms with van der Waals surface area (Å²) in [5.74, 6) is 1.85. The Labute approximate surface area is 104 Å². The van der Waals surface area contributed by atoms with Crippen molar-refractivity contribution in [2.24, 2.45) is 17.8 Å². The average molecular weight is 239 g/mol. The van der Waals surface area contributed by atoms with E-state index in [4.69, 9.17) is 5.11 Å². The highest BCUT2D eigenvalue weighted by Gasteiger charge is 2.30. The van der Waals surface area contributed by atoms with Crippen LogP contribution in [0.2, 0.25) is 0 Å². The van der Waals surface area contributed by atoms with Crippen molar-refractivity contribution in [1.29, 1.82) is 0 Å². The monoisotopic (exact) mass is 239 g/mol. The van der Waals surface area contributed by atoms with Crippen molar-refractivity contribution in [3.05, 3.63) is 0 Å². The van der Waals surface area contributed by atoms with Crippen molar-refractivity contribution in [2.45, 2.75) is 45.4 Å². The number of piperidine rings is 1. The third kappa shape index (κ3) is 3.21. The standard InChI is InChI=1S/C14H25NO2/c1-11-6-8-15(9-7-11)14(17)13-4-2-12(10-16)3-5-13/h11-13,16H,2-10H2,1H3. The van der Waals surface area contributed by atoms with E-state index < -0.39 is 0 Å². The summed E-state index contributed by atoms with van der Waals surface area (Å²) >= 11 is 0. The zero-order chi connectivity index (χ0) is 12.3. The summed E-state index contributed by atoms with van der Waals surface area (Å²) in [5, 5.41) is 9.10. The van der Waals surface area contributed by atoms with E-state index in [1.807, 2.05) is 0 Å². The summed E-state index contributed by atoms with van der Waals surface area (Å²) in [6, 6.07) is 0. The summed E-state index contributed by atoms with van der Waals surface area (Å²) in [6.07, 6.45) is 6.34. The van der Waals surface area contributed by atoms with Gasteiger partial charge in [0, 0.05) is 25.6 Å². The molecule has 0 radical (unpaired) electrons. The fourth-order valence-electron chi connectivity index (χ4n) is 3.08. The maximum absolute atomic E-state index is 12.3. The molecule has 0 spiro atoms. The predicted octanol–water partition coefficient (Wildman–Crippen LogP) is 2.04. The van der Waals surface area contributed by atoms with Gasteiger partial charge in [-0.15, -0.1) is 0 Å². The minimum Gasteiger partial charge on any atom is -0.396 e. The molecule has 0 aromatic rings. The van der Waals surface area contributed by atoms with E-state index >= 15 is 0 Å². The number of aliphatic hydroxyl groups excluding tert-OH is 1. The molecule has 2 aliphatic rings. The molecule has 1 saturated carbocycles. The lowest BCUT2D eigenvalue weighted by molar-refractivity contribution is -0.138. The normalized spacial score (nSPS) is 31.5. The lowest BCUT2D eigenvalue weighted by atomic mass is 9.81. The fraction of sp³-hybridized carbons (Fsp3) is 0.929. The van der Waals surface area contributed by atoms with Gasteiger partial charge in [-0.3, -0.25) is 4.79 Å². The second-order valence-electron chi connectivity index (χ2n) is 5.91. The van der Waals surface area contributed by atoms with Crippen LogP contribution in [0.3, 0.4) is 0 Å². The molecule has 0 unspecified atom stereocenters. The second kappa shape index (κ2) is 5.85. The molecule has 1 aliphatic carbocycles. The Kier molecular flexibility index (Phi) is 4.43. The van der Waals surface area contributed by atoms with Crippen LogP contribution < -0.4 is 0 Å². The third-order valence-corrected chi connectivity index (χ3v) is 4.55. The minimum atomic E-state index is 0.242. The molecule has 0 aromatic carbocycles. The predicted molar refractivity (Wildman–Crippen MR) is 67.5 cm³/mol. The quantitative estimate of drug-likeness (QED) is 0.801. The molecule has 1 N–H and O–H groups in total. The van der Waals surface area contributed by atoms with Crippen molar-refractivity contribution in [3.8, 4) is 0 Å². The van der Waals surface area contributed by atoms with Crippen molar-refractivity contribution >= 4 is 5.91 Å². The average Bonchev–Trinajstić information content (AvgIpc) is 2.39. The molecule has 0 bridgehead atoms. The number of nitrogens with zero attached hydrogens (tertiary/aromatic N) is 1. The van der Waals surface area contributed by atoms with Gasteiger partial charge < -0.3 is 10.0 Å². The largest absolute Gasteiger partial charge is 0.396 e. The van der Waals surface area contributed by atoms with Crippen LogP contribution >= 0.6 is 0 Å². The first-order chi connectivity index (χ1) is 8.20. The van der Waals surface area contributed by atoms with Gasteiger partial charge in [0.1, 0.15) is 0 Å². The van der Waals surface area contributed by atoms with Crippen LogP contribution in [-0.4, -0.2) is 35.6 Å². The SMILES string of the molecule is CC1CCN(C(=O)C2CCC(CO)CC2)CC1. The van der Waals surface area contributed by atoms with Gasteiger partial charge in [-0.05, 0) is 50.4 Å². The zero-order valence-electron chi connectivity index (χ0n) is 10.9. The van der Waals surface area contributed by atoms with E-state index in [0.717, 1.165) is 57.5 Å². The van der Waals surface area contributed by atoms with Crippen LogP contribution in [0.5, 0.6) is 0 Å². The van der Waals surface area contributed by atoms with Gasteiger partial charge in [-0.25, -0.2) is 0 Å². The van der Waals surface area contributed by atoms with Crippen LogP contribution in [0, 0.1) is 17.8 Å². The third-order valence-electron chi connectivity index (χ3n) is 4.55. The van der Waals surface area contributed by atoms with E-state index in [2.05, 4.69) is 11.8 Å². The van der Waals surface area contributed by atoms with Crippen molar-refractivity contribution in [2.75, 3.05) is 19.7 Å². The highest BCUT2D eigenvalue weighted by molar-refractivity contribution is 5.79. The Morgan fingerprint density at radius 3 is 2.24 bits per heavy atom. The van der Waals surface area contributed by atoms with Gasteiger partial charge in [0.2, 0.25) is 5.91 Å². The lowest BCUT2D eigenvalue weighted by Gasteiger charge is -2.35. The van der Waals surface area contributed by atoms with E-state index in [9.17, 15) is 4.79 Å². The van der Waals surface area contributed by atoms with E-state index in [0.29, 0.717) is 18.4 Å². The number of likely N-dealkylation sites (tertiary alicyclic amines) is 1. The molecular weight excluding hydrogens is 214 g/mol. The number of amides is 1. The van der Waals surface area contributed by atoms with Crippen LogP contribution in [-0.2, 0) is 4.79 Å². The van der Waals surface area contributed by atoms with Gasteiger partial charge in [-0.1, -0.05) is 6.92 Å². The highest BCUT2D eigenvalue weighted by atomic mass is 16.3. The summed E-state index contributed by atoms with van der Waals surface area (Å²) < 4.78 is 0. The molecule has 0 aromatic heterocycles. The van der Waals surface area contributed by atoms with Gasteiger partial charge in [0.25, 0.3) is 0 Å². The molecular formula is C14H25NO2. The molecule has 3 heteroatoms. The lowest BCUT2D eigenvalue weighted by Crippen LogP contribution is -2.42. The summed E-state index contributed by atoms with van der Waals surface area (Å²) in [6.45, 7) is 4.48.